The highest BCUT2D eigenvalue weighted by molar-refractivity contribution is 5.34. The molecule has 0 saturated heterocycles. The van der Waals surface area contributed by atoms with Crippen LogP contribution in [0.4, 0.5) is 5.82 Å². The van der Waals surface area contributed by atoms with Crippen molar-refractivity contribution in [1.29, 1.82) is 0 Å². The van der Waals surface area contributed by atoms with E-state index in [1.807, 2.05) is 0 Å². The molecule has 1 heterocycles. The third kappa shape index (κ3) is 1.95. The molecule has 2 rings (SSSR count). The summed E-state index contributed by atoms with van der Waals surface area (Å²) in [5.41, 5.74) is -0.0904. The van der Waals surface area contributed by atoms with Gasteiger partial charge in [0.05, 0.1) is 0 Å². The Balaban J connectivity index is 2.06. The van der Waals surface area contributed by atoms with Gasteiger partial charge in [0.1, 0.15) is 11.6 Å². The Morgan fingerprint density at radius 2 is 2.29 bits per heavy atom. The first-order valence-corrected chi connectivity index (χ1v) is 4.98. The van der Waals surface area contributed by atoms with E-state index in [0.29, 0.717) is 17.7 Å². The van der Waals surface area contributed by atoms with Gasteiger partial charge in [0.15, 0.2) is 0 Å². The van der Waals surface area contributed by atoms with Gasteiger partial charge in [0.25, 0.3) is 5.56 Å². The van der Waals surface area contributed by atoms with Gasteiger partial charge in [0, 0.05) is 12.1 Å². The molecule has 76 valence electrons. The minimum absolute atomic E-state index is 0.0904. The topological polar surface area (TPSA) is 57.8 Å². The number of H-pyrrole nitrogens is 1. The molecule has 0 radical (unpaired) electrons. The molecule has 4 nitrogen and oxygen atoms in total. The molecule has 1 aliphatic rings. The zero-order chi connectivity index (χ0) is 10.1. The van der Waals surface area contributed by atoms with Crippen molar-refractivity contribution in [2.75, 3.05) is 5.32 Å². The van der Waals surface area contributed by atoms with E-state index in [1.54, 1.807) is 6.92 Å². The summed E-state index contributed by atoms with van der Waals surface area (Å²) in [6.07, 6.45) is 2.35. The molecule has 2 N–H and O–H groups in total. The fourth-order valence-corrected chi connectivity index (χ4v) is 1.88. The summed E-state index contributed by atoms with van der Waals surface area (Å²) < 4.78 is 0. The molecule has 0 amide bonds. The Morgan fingerprint density at radius 3 is 2.86 bits per heavy atom. The molecular formula is C10H15N3O. The van der Waals surface area contributed by atoms with Crippen molar-refractivity contribution in [2.24, 2.45) is 5.92 Å². The van der Waals surface area contributed by atoms with Gasteiger partial charge in [0.2, 0.25) is 0 Å². The number of hydrogen-bond donors (Lipinski definition) is 2. The molecular weight excluding hydrogens is 178 g/mol. The summed E-state index contributed by atoms with van der Waals surface area (Å²) in [6, 6.07) is 2.01. The summed E-state index contributed by atoms with van der Waals surface area (Å²) in [5.74, 6) is 2.16. The lowest BCUT2D eigenvalue weighted by molar-refractivity contribution is 0.308. The number of nitrogens with zero attached hydrogens (tertiary/aromatic N) is 1. The van der Waals surface area contributed by atoms with Crippen LogP contribution in [-0.4, -0.2) is 16.0 Å². The van der Waals surface area contributed by atoms with Gasteiger partial charge in [-0.3, -0.25) is 4.79 Å². The number of rotatable bonds is 2. The van der Waals surface area contributed by atoms with Crippen molar-refractivity contribution in [3.63, 3.8) is 0 Å². The van der Waals surface area contributed by atoms with Crippen LogP contribution in [0.5, 0.6) is 0 Å². The van der Waals surface area contributed by atoms with Gasteiger partial charge in [-0.2, -0.15) is 0 Å². The molecule has 0 aliphatic heterocycles. The quantitative estimate of drug-likeness (QED) is 0.744. The molecule has 0 unspecified atom stereocenters. The third-order valence-corrected chi connectivity index (χ3v) is 2.59. The van der Waals surface area contributed by atoms with Crippen LogP contribution < -0.4 is 10.9 Å². The molecule has 1 aromatic heterocycles. The minimum Gasteiger partial charge on any atom is -0.367 e. The van der Waals surface area contributed by atoms with E-state index in [2.05, 4.69) is 22.2 Å². The van der Waals surface area contributed by atoms with Crippen molar-refractivity contribution < 1.29 is 0 Å². The summed E-state index contributed by atoms with van der Waals surface area (Å²) in [5, 5.41) is 3.26. The molecule has 0 atom stereocenters. The largest absolute Gasteiger partial charge is 0.367 e. The normalized spacial score (nSPS) is 25.6. The standard InChI is InChI=1S/C10H15N3O/c1-6-3-8(4-6)13-9-5-10(14)12-7(2)11-9/h5-6,8H,3-4H2,1-2H3,(H2,11,12,13,14). The summed E-state index contributed by atoms with van der Waals surface area (Å²) in [4.78, 5) is 18.0. The number of aromatic nitrogens is 2. The van der Waals surface area contributed by atoms with Crippen molar-refractivity contribution in [1.82, 2.24) is 9.97 Å². The van der Waals surface area contributed by atoms with Crippen LogP contribution in [0.1, 0.15) is 25.6 Å². The minimum atomic E-state index is -0.0904. The van der Waals surface area contributed by atoms with Gasteiger partial charge in [-0.05, 0) is 25.7 Å². The monoisotopic (exact) mass is 193 g/mol. The van der Waals surface area contributed by atoms with E-state index in [0.717, 1.165) is 5.92 Å². The number of nitrogens with one attached hydrogen (secondary N) is 2. The lowest BCUT2D eigenvalue weighted by Crippen LogP contribution is -2.34. The van der Waals surface area contributed by atoms with Crippen LogP contribution in [0.15, 0.2) is 10.9 Å². The van der Waals surface area contributed by atoms with Crippen molar-refractivity contribution in [2.45, 2.75) is 32.7 Å². The summed E-state index contributed by atoms with van der Waals surface area (Å²) in [6.45, 7) is 4.02. The van der Waals surface area contributed by atoms with Crippen LogP contribution >= 0.6 is 0 Å². The second-order valence-electron chi connectivity index (χ2n) is 4.13. The Kier molecular flexibility index (Phi) is 2.27. The number of aromatic amines is 1. The molecule has 14 heavy (non-hydrogen) atoms. The van der Waals surface area contributed by atoms with Crippen molar-refractivity contribution in [3.8, 4) is 0 Å². The van der Waals surface area contributed by atoms with Gasteiger partial charge in [-0.25, -0.2) is 4.98 Å². The van der Waals surface area contributed by atoms with Gasteiger partial charge >= 0.3 is 0 Å². The number of anilines is 1. The molecule has 0 bridgehead atoms. The maximum atomic E-state index is 11.1. The summed E-state index contributed by atoms with van der Waals surface area (Å²) >= 11 is 0. The Hall–Kier alpha value is -1.32. The zero-order valence-electron chi connectivity index (χ0n) is 8.50. The van der Waals surface area contributed by atoms with E-state index in [-0.39, 0.29) is 5.56 Å². The van der Waals surface area contributed by atoms with E-state index in [9.17, 15) is 4.79 Å². The molecule has 1 aromatic rings. The molecule has 1 saturated carbocycles. The van der Waals surface area contributed by atoms with Crippen molar-refractivity contribution >= 4 is 5.82 Å². The summed E-state index contributed by atoms with van der Waals surface area (Å²) in [7, 11) is 0. The predicted molar refractivity (Wildman–Crippen MR) is 55.4 cm³/mol. The SMILES string of the molecule is Cc1nc(NC2CC(C)C2)cc(=O)[nH]1. The van der Waals surface area contributed by atoms with Crippen LogP contribution in [0.25, 0.3) is 0 Å². The highest BCUT2D eigenvalue weighted by Gasteiger charge is 2.25. The molecule has 0 aromatic carbocycles. The average Bonchev–Trinajstić information content (AvgIpc) is 1.99. The van der Waals surface area contributed by atoms with E-state index in [4.69, 9.17) is 0 Å². The van der Waals surface area contributed by atoms with Gasteiger partial charge < -0.3 is 10.3 Å². The third-order valence-electron chi connectivity index (χ3n) is 2.59. The zero-order valence-corrected chi connectivity index (χ0v) is 8.50. The fraction of sp³-hybridized carbons (Fsp3) is 0.600. The first-order valence-electron chi connectivity index (χ1n) is 4.98. The molecule has 0 spiro atoms. The second kappa shape index (κ2) is 3.44. The van der Waals surface area contributed by atoms with E-state index in [1.165, 1.54) is 18.9 Å². The Bertz CT molecular complexity index is 379. The second-order valence-corrected chi connectivity index (χ2v) is 4.13. The van der Waals surface area contributed by atoms with E-state index < -0.39 is 0 Å². The molecule has 1 fully saturated rings. The van der Waals surface area contributed by atoms with Gasteiger partial charge in [-0.1, -0.05) is 6.92 Å². The Labute approximate surface area is 82.8 Å². The lowest BCUT2D eigenvalue weighted by Gasteiger charge is -2.33. The maximum absolute atomic E-state index is 11.1. The predicted octanol–water partition coefficient (Wildman–Crippen LogP) is 1.29. The smallest absolute Gasteiger partial charge is 0.252 e. The lowest BCUT2D eigenvalue weighted by atomic mass is 9.82. The maximum Gasteiger partial charge on any atom is 0.252 e. The highest BCUT2D eigenvalue weighted by atomic mass is 16.1. The number of aryl methyl sites for hydroxylation is 1. The van der Waals surface area contributed by atoms with Crippen LogP contribution in [-0.2, 0) is 0 Å². The van der Waals surface area contributed by atoms with Crippen molar-refractivity contribution in [3.05, 3.63) is 22.2 Å². The molecule has 4 heteroatoms. The fourth-order valence-electron chi connectivity index (χ4n) is 1.88. The average molecular weight is 193 g/mol. The van der Waals surface area contributed by atoms with Crippen LogP contribution in [0.2, 0.25) is 0 Å². The molecule has 1 aliphatic carbocycles. The van der Waals surface area contributed by atoms with E-state index >= 15 is 0 Å². The first-order chi connectivity index (χ1) is 6.63. The first kappa shape index (κ1) is 9.24. The van der Waals surface area contributed by atoms with Crippen LogP contribution in [0, 0.1) is 12.8 Å². The number of hydrogen-bond acceptors (Lipinski definition) is 3. The Morgan fingerprint density at radius 1 is 1.57 bits per heavy atom. The van der Waals surface area contributed by atoms with Gasteiger partial charge in [-0.15, -0.1) is 0 Å². The highest BCUT2D eigenvalue weighted by Crippen LogP contribution is 2.28. The van der Waals surface area contributed by atoms with Crippen LogP contribution in [0.3, 0.4) is 0 Å².